The van der Waals surface area contributed by atoms with Crippen molar-refractivity contribution in [3.8, 4) is 0 Å². The predicted octanol–water partition coefficient (Wildman–Crippen LogP) is 1.59. The van der Waals surface area contributed by atoms with E-state index >= 15 is 0 Å². The summed E-state index contributed by atoms with van der Waals surface area (Å²) in [5.41, 5.74) is 9.08. The molecule has 0 unspecified atom stereocenters. The van der Waals surface area contributed by atoms with Crippen LogP contribution in [0.4, 0.5) is 5.95 Å². The Morgan fingerprint density at radius 1 is 1.28 bits per heavy atom. The third-order valence-electron chi connectivity index (χ3n) is 2.82. The van der Waals surface area contributed by atoms with Crippen molar-refractivity contribution in [1.82, 2.24) is 9.55 Å². The van der Waals surface area contributed by atoms with Crippen LogP contribution in [0.3, 0.4) is 0 Å². The molecule has 0 saturated carbocycles. The van der Waals surface area contributed by atoms with Gasteiger partial charge in [0.1, 0.15) is 0 Å². The number of hydrogen-bond acceptors (Lipinski definition) is 4. The molecule has 0 atom stereocenters. The molecule has 1 aromatic carbocycles. The highest BCUT2D eigenvalue weighted by Crippen LogP contribution is 2.18. The summed E-state index contributed by atoms with van der Waals surface area (Å²) in [6.45, 7) is 4.56. The fourth-order valence-corrected chi connectivity index (χ4v) is 1.89. The molecule has 0 amide bonds. The van der Waals surface area contributed by atoms with Crippen molar-refractivity contribution in [3.63, 3.8) is 0 Å². The van der Waals surface area contributed by atoms with Crippen LogP contribution in [0, 0.1) is 6.92 Å². The molecule has 2 rings (SSSR count). The van der Waals surface area contributed by atoms with Gasteiger partial charge in [-0.15, -0.1) is 0 Å². The minimum Gasteiger partial charge on any atom is -0.382 e. The lowest BCUT2D eigenvalue weighted by Gasteiger charge is -2.07. The second-order valence-corrected chi connectivity index (χ2v) is 4.22. The van der Waals surface area contributed by atoms with Gasteiger partial charge in [0.25, 0.3) is 0 Å². The van der Waals surface area contributed by atoms with Crippen molar-refractivity contribution >= 4 is 17.0 Å². The van der Waals surface area contributed by atoms with Crippen molar-refractivity contribution in [2.45, 2.75) is 13.5 Å². The number of ether oxygens (including phenoxy) is 2. The molecule has 0 spiro atoms. The van der Waals surface area contributed by atoms with Crippen molar-refractivity contribution < 1.29 is 9.47 Å². The fraction of sp³-hybridized carbons (Fsp3) is 0.462. The topological polar surface area (TPSA) is 62.3 Å². The van der Waals surface area contributed by atoms with Gasteiger partial charge in [0.15, 0.2) is 0 Å². The third-order valence-corrected chi connectivity index (χ3v) is 2.82. The Kier molecular flexibility index (Phi) is 4.17. The van der Waals surface area contributed by atoms with E-state index in [0.717, 1.165) is 11.0 Å². The van der Waals surface area contributed by atoms with Gasteiger partial charge in [0.2, 0.25) is 5.95 Å². The van der Waals surface area contributed by atoms with Gasteiger partial charge in [-0.1, -0.05) is 6.07 Å². The van der Waals surface area contributed by atoms with Gasteiger partial charge in [0, 0.05) is 13.7 Å². The SMILES string of the molecule is COCCOCCn1c(N)nc2cc(C)ccc21. The lowest BCUT2D eigenvalue weighted by molar-refractivity contribution is 0.0671. The molecule has 0 bridgehead atoms. The molecular formula is C13H19N3O2. The number of nitrogen functional groups attached to an aromatic ring is 1. The van der Waals surface area contributed by atoms with Crippen LogP contribution < -0.4 is 5.73 Å². The second kappa shape index (κ2) is 5.84. The van der Waals surface area contributed by atoms with E-state index in [-0.39, 0.29) is 0 Å². The van der Waals surface area contributed by atoms with Crippen molar-refractivity contribution in [1.29, 1.82) is 0 Å². The molecule has 2 N–H and O–H groups in total. The molecule has 5 heteroatoms. The van der Waals surface area contributed by atoms with Crippen molar-refractivity contribution in [2.24, 2.45) is 0 Å². The zero-order valence-corrected chi connectivity index (χ0v) is 10.8. The van der Waals surface area contributed by atoms with E-state index in [1.165, 1.54) is 5.56 Å². The van der Waals surface area contributed by atoms with Crippen LogP contribution in [0.5, 0.6) is 0 Å². The summed E-state index contributed by atoms with van der Waals surface area (Å²) in [5, 5.41) is 0. The van der Waals surface area contributed by atoms with E-state index < -0.39 is 0 Å². The summed E-state index contributed by atoms with van der Waals surface area (Å²) in [6.07, 6.45) is 0. The van der Waals surface area contributed by atoms with E-state index in [1.54, 1.807) is 7.11 Å². The predicted molar refractivity (Wildman–Crippen MR) is 71.6 cm³/mol. The molecule has 18 heavy (non-hydrogen) atoms. The lowest BCUT2D eigenvalue weighted by atomic mass is 10.2. The fourth-order valence-electron chi connectivity index (χ4n) is 1.89. The first kappa shape index (κ1) is 12.9. The first-order chi connectivity index (χ1) is 8.72. The monoisotopic (exact) mass is 249 g/mol. The van der Waals surface area contributed by atoms with Crippen LogP contribution in [-0.4, -0.2) is 36.5 Å². The molecule has 1 heterocycles. The summed E-state index contributed by atoms with van der Waals surface area (Å²) < 4.78 is 12.3. The Hall–Kier alpha value is -1.59. The Morgan fingerprint density at radius 3 is 2.89 bits per heavy atom. The number of nitrogens with zero attached hydrogens (tertiary/aromatic N) is 2. The molecule has 5 nitrogen and oxygen atoms in total. The lowest BCUT2D eigenvalue weighted by Crippen LogP contribution is -2.11. The van der Waals surface area contributed by atoms with Crippen molar-refractivity contribution in [3.05, 3.63) is 23.8 Å². The molecule has 0 saturated heterocycles. The number of aryl methyl sites for hydroxylation is 1. The second-order valence-electron chi connectivity index (χ2n) is 4.22. The maximum Gasteiger partial charge on any atom is 0.201 e. The minimum atomic E-state index is 0.533. The van der Waals surface area contributed by atoms with Gasteiger partial charge < -0.3 is 19.8 Å². The molecule has 1 aromatic heterocycles. The summed E-state index contributed by atoms with van der Waals surface area (Å²) in [4.78, 5) is 4.35. The molecule has 0 aliphatic heterocycles. The Bertz CT molecular complexity index is 522. The number of rotatable bonds is 6. The zero-order valence-electron chi connectivity index (χ0n) is 10.8. The van der Waals surface area contributed by atoms with Crippen LogP contribution in [0.25, 0.3) is 11.0 Å². The summed E-state index contributed by atoms with van der Waals surface area (Å²) in [7, 11) is 1.66. The van der Waals surface area contributed by atoms with E-state index in [0.29, 0.717) is 32.3 Å². The Labute approximate surface area is 107 Å². The summed E-state index contributed by atoms with van der Waals surface area (Å²) in [6, 6.07) is 6.14. The minimum absolute atomic E-state index is 0.533. The number of fused-ring (bicyclic) bond motifs is 1. The highest BCUT2D eigenvalue weighted by molar-refractivity contribution is 5.79. The van der Waals surface area contributed by atoms with Gasteiger partial charge in [-0.25, -0.2) is 4.98 Å². The molecule has 0 aliphatic carbocycles. The maximum absolute atomic E-state index is 5.92. The van der Waals surface area contributed by atoms with E-state index in [9.17, 15) is 0 Å². The molecule has 2 aromatic rings. The van der Waals surface area contributed by atoms with Crippen molar-refractivity contribution in [2.75, 3.05) is 32.7 Å². The van der Waals surface area contributed by atoms with Crippen LogP contribution in [0.2, 0.25) is 0 Å². The van der Waals surface area contributed by atoms with Crippen LogP contribution in [0.15, 0.2) is 18.2 Å². The zero-order chi connectivity index (χ0) is 13.0. The number of aromatic nitrogens is 2. The number of benzene rings is 1. The number of nitrogens with two attached hydrogens (primary N) is 1. The highest BCUT2D eigenvalue weighted by atomic mass is 16.5. The smallest absolute Gasteiger partial charge is 0.201 e. The number of methoxy groups -OCH3 is 1. The first-order valence-corrected chi connectivity index (χ1v) is 6.01. The average Bonchev–Trinajstić information content (AvgIpc) is 2.64. The molecule has 0 aliphatic rings. The molecular weight excluding hydrogens is 230 g/mol. The number of imidazole rings is 1. The molecule has 0 fully saturated rings. The van der Waals surface area contributed by atoms with Gasteiger partial charge in [-0.3, -0.25) is 0 Å². The van der Waals surface area contributed by atoms with Crippen LogP contribution in [0.1, 0.15) is 5.56 Å². The number of anilines is 1. The first-order valence-electron chi connectivity index (χ1n) is 6.01. The molecule has 98 valence electrons. The van der Waals surface area contributed by atoms with Gasteiger partial charge in [0.05, 0.1) is 30.9 Å². The quantitative estimate of drug-likeness (QED) is 0.790. The van der Waals surface area contributed by atoms with E-state index in [1.807, 2.05) is 23.6 Å². The summed E-state index contributed by atoms with van der Waals surface area (Å²) >= 11 is 0. The largest absolute Gasteiger partial charge is 0.382 e. The third kappa shape index (κ3) is 2.80. The number of hydrogen-bond donors (Lipinski definition) is 1. The van der Waals surface area contributed by atoms with E-state index in [2.05, 4.69) is 11.1 Å². The van der Waals surface area contributed by atoms with Gasteiger partial charge >= 0.3 is 0 Å². The average molecular weight is 249 g/mol. The van der Waals surface area contributed by atoms with Crippen LogP contribution in [-0.2, 0) is 16.0 Å². The maximum atomic E-state index is 5.92. The Balaban J connectivity index is 2.05. The summed E-state index contributed by atoms with van der Waals surface area (Å²) in [5.74, 6) is 0.533. The van der Waals surface area contributed by atoms with E-state index in [4.69, 9.17) is 15.2 Å². The van der Waals surface area contributed by atoms with Crippen LogP contribution >= 0.6 is 0 Å². The molecule has 0 radical (unpaired) electrons. The van der Waals surface area contributed by atoms with Gasteiger partial charge in [-0.2, -0.15) is 0 Å². The van der Waals surface area contributed by atoms with Gasteiger partial charge in [-0.05, 0) is 24.6 Å². The standard InChI is InChI=1S/C13H19N3O2/c1-10-3-4-12-11(9-10)15-13(14)16(12)5-6-18-8-7-17-2/h3-4,9H,5-8H2,1-2H3,(H2,14,15). The Morgan fingerprint density at radius 2 is 2.11 bits per heavy atom. The normalized spacial score (nSPS) is 11.2. The highest BCUT2D eigenvalue weighted by Gasteiger charge is 2.07.